The minimum absolute atomic E-state index is 0.255. The Morgan fingerprint density at radius 1 is 1.39 bits per heavy atom. The van der Waals surface area contributed by atoms with Crippen molar-refractivity contribution in [2.75, 3.05) is 5.32 Å². The monoisotopic (exact) mass is 392 g/mol. The Kier molecular flexibility index (Phi) is 4.50. The number of anilines is 1. The molecule has 0 fully saturated rings. The number of benzene rings is 1. The number of thiazole rings is 1. The first-order valence-electron chi connectivity index (χ1n) is 5.63. The van der Waals surface area contributed by atoms with Crippen molar-refractivity contribution in [2.45, 2.75) is 26.8 Å². The summed E-state index contributed by atoms with van der Waals surface area (Å²) >= 11 is 10.0. The summed E-state index contributed by atoms with van der Waals surface area (Å²) in [6.45, 7) is 6.26. The van der Waals surface area contributed by atoms with Gasteiger partial charge in [0.15, 0.2) is 0 Å². The van der Waals surface area contributed by atoms with Gasteiger partial charge < -0.3 is 5.32 Å². The highest BCUT2D eigenvalue weighted by Gasteiger charge is 2.13. The van der Waals surface area contributed by atoms with Crippen molar-refractivity contribution >= 4 is 51.2 Å². The molecule has 2 rings (SSSR count). The summed E-state index contributed by atoms with van der Waals surface area (Å²) in [5.41, 5.74) is 2.22. The fourth-order valence-electron chi connectivity index (χ4n) is 1.85. The van der Waals surface area contributed by atoms with Crippen molar-refractivity contribution in [2.24, 2.45) is 0 Å². The van der Waals surface area contributed by atoms with E-state index in [2.05, 4.69) is 46.7 Å². The van der Waals surface area contributed by atoms with Crippen LogP contribution in [0.15, 0.2) is 18.2 Å². The Morgan fingerprint density at radius 3 is 2.67 bits per heavy atom. The quantitative estimate of drug-likeness (QED) is 0.727. The summed E-state index contributed by atoms with van der Waals surface area (Å²) in [7, 11) is 0. The van der Waals surface area contributed by atoms with E-state index in [1.165, 1.54) is 4.88 Å². The van der Waals surface area contributed by atoms with Crippen molar-refractivity contribution in [1.82, 2.24) is 4.98 Å². The van der Waals surface area contributed by atoms with Gasteiger partial charge in [-0.3, -0.25) is 0 Å². The van der Waals surface area contributed by atoms with E-state index in [0.717, 1.165) is 25.0 Å². The summed E-state index contributed by atoms with van der Waals surface area (Å²) < 4.78 is 1.13. The minimum Gasteiger partial charge on any atom is -0.377 e. The predicted molar refractivity (Wildman–Crippen MR) is 87.8 cm³/mol. The molecule has 2 nitrogen and oxygen atoms in total. The first-order chi connectivity index (χ1) is 8.47. The molecule has 1 N–H and O–H groups in total. The van der Waals surface area contributed by atoms with E-state index in [1.54, 1.807) is 11.3 Å². The van der Waals surface area contributed by atoms with Gasteiger partial charge in [0.1, 0.15) is 0 Å². The van der Waals surface area contributed by atoms with Crippen molar-refractivity contribution in [1.29, 1.82) is 0 Å². The van der Waals surface area contributed by atoms with Crippen LogP contribution in [0, 0.1) is 17.4 Å². The average molecular weight is 393 g/mol. The van der Waals surface area contributed by atoms with E-state index in [0.29, 0.717) is 0 Å². The standard InChI is InChI=1S/C13H14ClIN2S/c1-7-13(18-9(3)16-7)8(2)17-12-5-4-10(14)6-11(12)15/h4-6,8,17H,1-3H3. The lowest BCUT2D eigenvalue weighted by Gasteiger charge is -2.15. The van der Waals surface area contributed by atoms with Gasteiger partial charge in [-0.25, -0.2) is 4.98 Å². The van der Waals surface area contributed by atoms with Crippen LogP contribution in [-0.4, -0.2) is 4.98 Å². The highest BCUT2D eigenvalue weighted by atomic mass is 127. The van der Waals surface area contributed by atoms with E-state index in [4.69, 9.17) is 11.6 Å². The van der Waals surface area contributed by atoms with Crippen LogP contribution in [0.3, 0.4) is 0 Å². The zero-order valence-electron chi connectivity index (χ0n) is 10.4. The molecule has 0 aliphatic rings. The Bertz CT molecular complexity index is 568. The maximum absolute atomic E-state index is 5.96. The molecule has 0 aliphatic carbocycles. The third-order valence-electron chi connectivity index (χ3n) is 2.64. The van der Waals surface area contributed by atoms with Crippen molar-refractivity contribution in [3.63, 3.8) is 0 Å². The molecule has 0 amide bonds. The number of halogens is 2. The van der Waals surface area contributed by atoms with Gasteiger partial charge >= 0.3 is 0 Å². The fourth-order valence-corrected chi connectivity index (χ4v) is 3.81. The predicted octanol–water partition coefficient (Wildman–Crippen LogP) is 5.19. The number of nitrogens with one attached hydrogen (secondary N) is 1. The molecule has 2 aromatic rings. The van der Waals surface area contributed by atoms with Crippen LogP contribution in [-0.2, 0) is 0 Å². The van der Waals surface area contributed by atoms with E-state index in [-0.39, 0.29) is 6.04 Å². The molecular weight excluding hydrogens is 379 g/mol. The Labute approximate surface area is 130 Å². The third-order valence-corrected chi connectivity index (χ3v) is 5.02. The van der Waals surface area contributed by atoms with Gasteiger partial charge in [0.25, 0.3) is 0 Å². The van der Waals surface area contributed by atoms with Gasteiger partial charge in [-0.2, -0.15) is 0 Å². The first-order valence-corrected chi connectivity index (χ1v) is 7.90. The number of hydrogen-bond donors (Lipinski definition) is 1. The summed E-state index contributed by atoms with van der Waals surface area (Å²) in [5, 5.41) is 5.39. The molecule has 1 aromatic carbocycles. The smallest absolute Gasteiger partial charge is 0.0900 e. The maximum Gasteiger partial charge on any atom is 0.0900 e. The number of aryl methyl sites for hydroxylation is 2. The summed E-state index contributed by atoms with van der Waals surface area (Å²) in [6, 6.07) is 6.14. The zero-order valence-corrected chi connectivity index (χ0v) is 14.2. The fraction of sp³-hybridized carbons (Fsp3) is 0.308. The van der Waals surface area contributed by atoms with E-state index in [1.807, 2.05) is 25.1 Å². The van der Waals surface area contributed by atoms with Crippen molar-refractivity contribution < 1.29 is 0 Å². The van der Waals surface area contributed by atoms with Gasteiger partial charge in [0.2, 0.25) is 0 Å². The van der Waals surface area contributed by atoms with Crippen LogP contribution in [0.1, 0.15) is 28.5 Å². The average Bonchev–Trinajstić information content (AvgIpc) is 2.62. The molecule has 5 heteroatoms. The van der Waals surface area contributed by atoms with Crippen molar-refractivity contribution in [3.05, 3.63) is 42.4 Å². The second kappa shape index (κ2) is 5.75. The molecule has 18 heavy (non-hydrogen) atoms. The molecule has 0 spiro atoms. The minimum atomic E-state index is 0.255. The number of nitrogens with zero attached hydrogens (tertiary/aromatic N) is 1. The molecule has 1 unspecified atom stereocenters. The Morgan fingerprint density at radius 2 is 2.11 bits per heavy atom. The molecule has 0 bridgehead atoms. The topological polar surface area (TPSA) is 24.9 Å². The lowest BCUT2D eigenvalue weighted by atomic mass is 10.2. The van der Waals surface area contributed by atoms with Crippen LogP contribution < -0.4 is 5.32 Å². The van der Waals surface area contributed by atoms with Crippen molar-refractivity contribution in [3.8, 4) is 0 Å². The number of hydrogen-bond acceptors (Lipinski definition) is 3. The largest absolute Gasteiger partial charge is 0.377 e. The molecule has 0 saturated heterocycles. The molecule has 96 valence electrons. The second-order valence-electron chi connectivity index (χ2n) is 4.17. The molecule has 1 heterocycles. The van der Waals surface area contributed by atoms with Gasteiger partial charge in [-0.1, -0.05) is 11.6 Å². The second-order valence-corrected chi connectivity index (χ2v) is 7.01. The molecular formula is C13H14ClIN2S. The van der Waals surface area contributed by atoms with Crippen LogP contribution in [0.4, 0.5) is 5.69 Å². The Balaban J connectivity index is 2.21. The zero-order chi connectivity index (χ0) is 13.3. The lowest BCUT2D eigenvalue weighted by Crippen LogP contribution is -2.07. The summed E-state index contributed by atoms with van der Waals surface area (Å²) in [6.07, 6.45) is 0. The van der Waals surface area contributed by atoms with Gasteiger partial charge in [-0.05, 0) is 61.6 Å². The summed E-state index contributed by atoms with van der Waals surface area (Å²) in [5.74, 6) is 0. The molecule has 0 saturated carbocycles. The van der Waals surface area contributed by atoms with Crippen LogP contribution in [0.2, 0.25) is 5.02 Å². The van der Waals surface area contributed by atoms with Crippen LogP contribution >= 0.6 is 45.5 Å². The highest BCUT2D eigenvalue weighted by Crippen LogP contribution is 2.30. The molecule has 0 aliphatic heterocycles. The third kappa shape index (κ3) is 3.16. The van der Waals surface area contributed by atoms with E-state index < -0.39 is 0 Å². The first kappa shape index (κ1) is 14.1. The highest BCUT2D eigenvalue weighted by molar-refractivity contribution is 14.1. The SMILES string of the molecule is Cc1nc(C)c(C(C)Nc2ccc(Cl)cc2I)s1. The maximum atomic E-state index is 5.96. The molecule has 1 atom stereocenters. The molecule has 0 radical (unpaired) electrons. The summed E-state index contributed by atoms with van der Waals surface area (Å²) in [4.78, 5) is 5.76. The van der Waals surface area contributed by atoms with Crippen LogP contribution in [0.5, 0.6) is 0 Å². The van der Waals surface area contributed by atoms with Crippen LogP contribution in [0.25, 0.3) is 0 Å². The molecule has 1 aromatic heterocycles. The van der Waals surface area contributed by atoms with E-state index >= 15 is 0 Å². The van der Waals surface area contributed by atoms with E-state index in [9.17, 15) is 0 Å². The Hall–Kier alpha value is -0.330. The van der Waals surface area contributed by atoms with Gasteiger partial charge in [-0.15, -0.1) is 11.3 Å². The number of rotatable bonds is 3. The normalized spacial score (nSPS) is 12.5. The number of aromatic nitrogens is 1. The van der Waals surface area contributed by atoms with Gasteiger partial charge in [0.05, 0.1) is 16.7 Å². The lowest BCUT2D eigenvalue weighted by molar-refractivity contribution is 0.888. The van der Waals surface area contributed by atoms with Gasteiger partial charge in [0, 0.05) is 19.2 Å².